The molecular weight excluding hydrogens is 450 g/mol. The fraction of sp³-hybridized carbons (Fsp3) is 0.296. The quantitative estimate of drug-likeness (QED) is 0.451. The number of barbiturate groups is 1. The molecule has 2 aromatic rings. The lowest BCUT2D eigenvalue weighted by atomic mass is 9.86. The smallest absolute Gasteiger partial charge is 0.335 e. The van der Waals surface area contributed by atoms with Crippen molar-refractivity contribution >= 4 is 52.5 Å². The fourth-order valence-corrected chi connectivity index (χ4v) is 4.80. The van der Waals surface area contributed by atoms with Gasteiger partial charge in [-0.05, 0) is 93.3 Å². The topological polar surface area (TPSA) is 69.7 Å². The molecule has 6 nitrogen and oxygen atoms in total. The van der Waals surface area contributed by atoms with Crippen LogP contribution in [0, 0.1) is 6.92 Å². The summed E-state index contributed by atoms with van der Waals surface area (Å²) >= 11 is 5.94. The molecule has 0 atom stereocenters. The Kier molecular flexibility index (Phi) is 6.13. The predicted molar refractivity (Wildman–Crippen MR) is 137 cm³/mol. The highest BCUT2D eigenvalue weighted by atomic mass is 35.5. The van der Waals surface area contributed by atoms with Gasteiger partial charge in [-0.1, -0.05) is 24.6 Å². The number of nitrogens with zero attached hydrogens (tertiary/aromatic N) is 2. The van der Waals surface area contributed by atoms with Crippen molar-refractivity contribution in [2.75, 3.05) is 16.3 Å². The number of anilines is 2. The molecule has 0 saturated carbocycles. The van der Waals surface area contributed by atoms with Gasteiger partial charge in [0.05, 0.1) is 11.2 Å². The van der Waals surface area contributed by atoms with Crippen molar-refractivity contribution in [3.63, 3.8) is 0 Å². The van der Waals surface area contributed by atoms with E-state index in [9.17, 15) is 14.4 Å². The number of benzene rings is 2. The van der Waals surface area contributed by atoms with Gasteiger partial charge in [-0.3, -0.25) is 14.9 Å². The van der Waals surface area contributed by atoms with Crippen LogP contribution in [0.3, 0.4) is 0 Å². The molecule has 0 spiro atoms. The van der Waals surface area contributed by atoms with Crippen LogP contribution in [0.4, 0.5) is 16.2 Å². The third kappa shape index (κ3) is 4.14. The van der Waals surface area contributed by atoms with E-state index in [0.29, 0.717) is 10.7 Å². The first-order valence-corrected chi connectivity index (χ1v) is 11.7. The Hall–Kier alpha value is -3.38. The van der Waals surface area contributed by atoms with Gasteiger partial charge in [0.1, 0.15) is 5.57 Å². The van der Waals surface area contributed by atoms with Gasteiger partial charge in [0.2, 0.25) is 0 Å². The van der Waals surface area contributed by atoms with Crippen LogP contribution in [0.15, 0.2) is 48.0 Å². The first-order chi connectivity index (χ1) is 16.0. The maximum absolute atomic E-state index is 13.2. The number of carbonyl (C=O) groups is 3. The number of nitrogens with one attached hydrogen (secondary N) is 1. The molecule has 0 aliphatic carbocycles. The van der Waals surface area contributed by atoms with E-state index in [1.54, 1.807) is 30.3 Å². The summed E-state index contributed by atoms with van der Waals surface area (Å²) in [5, 5.41) is 2.76. The molecule has 0 bridgehead atoms. The highest BCUT2D eigenvalue weighted by Crippen LogP contribution is 2.41. The van der Waals surface area contributed by atoms with Crippen molar-refractivity contribution in [1.82, 2.24) is 5.32 Å². The van der Waals surface area contributed by atoms with E-state index in [1.165, 1.54) is 0 Å². The number of hydrogen-bond donors (Lipinski definition) is 1. The van der Waals surface area contributed by atoms with Gasteiger partial charge in [-0.25, -0.2) is 9.69 Å². The molecule has 34 heavy (non-hydrogen) atoms. The third-order valence-corrected chi connectivity index (χ3v) is 6.55. The minimum atomic E-state index is -0.784. The zero-order valence-corrected chi connectivity index (χ0v) is 20.8. The van der Waals surface area contributed by atoms with Crippen molar-refractivity contribution < 1.29 is 14.4 Å². The molecule has 1 N–H and O–H groups in total. The zero-order chi connectivity index (χ0) is 24.8. The number of halogens is 1. The van der Waals surface area contributed by atoms with Crippen molar-refractivity contribution in [3.8, 4) is 0 Å². The standard InChI is InChI=1S/C27H28ClN3O3/c1-6-11-30-23-12-16(2)18(13-21(23)17(3)15-27(30,4)5)14-22-24(32)29-26(34)31(25(22)33)20-9-7-19(28)8-10-20/h7-10,12-15H,6,11H2,1-5H3,(H,29,32,34)/b22-14-. The van der Waals surface area contributed by atoms with Gasteiger partial charge >= 0.3 is 6.03 Å². The molecule has 2 aliphatic rings. The van der Waals surface area contributed by atoms with Crippen LogP contribution in [-0.2, 0) is 9.59 Å². The Morgan fingerprint density at radius 2 is 1.74 bits per heavy atom. The van der Waals surface area contributed by atoms with Gasteiger partial charge in [-0.2, -0.15) is 0 Å². The number of urea groups is 1. The molecule has 0 radical (unpaired) electrons. The summed E-state index contributed by atoms with van der Waals surface area (Å²) in [6, 6.07) is 9.65. The second-order valence-corrected chi connectivity index (χ2v) is 9.73. The Morgan fingerprint density at radius 1 is 1.06 bits per heavy atom. The molecule has 2 aromatic carbocycles. The lowest BCUT2D eigenvalue weighted by Crippen LogP contribution is -2.54. The summed E-state index contributed by atoms with van der Waals surface area (Å²) in [6.45, 7) is 11.5. The van der Waals surface area contributed by atoms with Crippen LogP contribution in [0.5, 0.6) is 0 Å². The van der Waals surface area contributed by atoms with E-state index in [-0.39, 0.29) is 11.1 Å². The largest absolute Gasteiger partial charge is 0.362 e. The normalized spacial score (nSPS) is 18.7. The predicted octanol–water partition coefficient (Wildman–Crippen LogP) is 5.73. The van der Waals surface area contributed by atoms with Gasteiger partial charge in [-0.15, -0.1) is 0 Å². The van der Waals surface area contributed by atoms with E-state index < -0.39 is 17.8 Å². The SMILES string of the molecule is CCCN1c2cc(C)c(/C=C3/C(=O)NC(=O)N(c4ccc(Cl)cc4)C3=O)cc2C(C)=CC1(C)C. The van der Waals surface area contributed by atoms with E-state index >= 15 is 0 Å². The summed E-state index contributed by atoms with van der Waals surface area (Å²) in [6.07, 6.45) is 4.83. The number of fused-ring (bicyclic) bond motifs is 1. The number of amides is 4. The Bertz CT molecular complexity index is 1260. The lowest BCUT2D eigenvalue weighted by Gasteiger charge is -2.43. The number of imide groups is 2. The van der Waals surface area contributed by atoms with Gasteiger partial charge in [0, 0.05) is 22.8 Å². The summed E-state index contributed by atoms with van der Waals surface area (Å²) in [5.41, 5.74) is 5.18. The van der Waals surface area contributed by atoms with Crippen molar-refractivity contribution in [2.24, 2.45) is 0 Å². The second kappa shape index (κ2) is 8.76. The number of allylic oxidation sites excluding steroid dienone is 1. The first kappa shape index (κ1) is 23.8. The van der Waals surface area contributed by atoms with Crippen LogP contribution in [0.25, 0.3) is 11.6 Å². The van der Waals surface area contributed by atoms with Gasteiger partial charge < -0.3 is 4.90 Å². The van der Waals surface area contributed by atoms with Crippen molar-refractivity contribution in [3.05, 3.63) is 69.8 Å². The monoisotopic (exact) mass is 477 g/mol. The average molecular weight is 478 g/mol. The summed E-state index contributed by atoms with van der Waals surface area (Å²) < 4.78 is 0. The number of aryl methyl sites for hydroxylation is 1. The Morgan fingerprint density at radius 3 is 2.38 bits per heavy atom. The molecule has 4 amide bonds. The van der Waals surface area contributed by atoms with Gasteiger partial charge in [0.15, 0.2) is 0 Å². The second-order valence-electron chi connectivity index (χ2n) is 9.29. The lowest BCUT2D eigenvalue weighted by molar-refractivity contribution is -0.122. The molecule has 2 heterocycles. The molecule has 4 rings (SSSR count). The Balaban J connectivity index is 1.78. The van der Waals surface area contributed by atoms with Crippen LogP contribution < -0.4 is 15.1 Å². The van der Waals surface area contributed by atoms with E-state index in [1.807, 2.05) is 13.0 Å². The molecule has 2 aliphatic heterocycles. The maximum atomic E-state index is 13.2. The highest BCUT2D eigenvalue weighted by molar-refractivity contribution is 6.39. The van der Waals surface area contributed by atoms with Crippen LogP contribution in [0.1, 0.15) is 50.8 Å². The van der Waals surface area contributed by atoms with E-state index in [4.69, 9.17) is 11.6 Å². The first-order valence-electron chi connectivity index (χ1n) is 11.3. The molecule has 0 unspecified atom stereocenters. The zero-order valence-electron chi connectivity index (χ0n) is 20.0. The molecule has 1 saturated heterocycles. The number of rotatable bonds is 4. The van der Waals surface area contributed by atoms with Crippen molar-refractivity contribution in [1.29, 1.82) is 0 Å². The molecule has 176 valence electrons. The van der Waals surface area contributed by atoms with E-state index in [2.05, 4.69) is 50.1 Å². The minimum Gasteiger partial charge on any atom is -0.362 e. The van der Waals surface area contributed by atoms with E-state index in [0.717, 1.165) is 45.8 Å². The summed E-state index contributed by atoms with van der Waals surface area (Å²) in [4.78, 5) is 41.7. The van der Waals surface area contributed by atoms with Crippen molar-refractivity contribution in [2.45, 2.75) is 46.6 Å². The summed E-state index contributed by atoms with van der Waals surface area (Å²) in [7, 11) is 0. The Labute approximate surface area is 204 Å². The number of hydrogen-bond acceptors (Lipinski definition) is 4. The van der Waals surface area contributed by atoms with Gasteiger partial charge in [0.25, 0.3) is 11.8 Å². The highest BCUT2D eigenvalue weighted by Gasteiger charge is 2.37. The molecular formula is C27H28ClN3O3. The third-order valence-electron chi connectivity index (χ3n) is 6.30. The fourth-order valence-electron chi connectivity index (χ4n) is 4.67. The van der Waals surface area contributed by atoms with Crippen LogP contribution in [-0.4, -0.2) is 29.9 Å². The minimum absolute atomic E-state index is 0.0965. The molecule has 0 aromatic heterocycles. The number of carbonyl (C=O) groups excluding carboxylic acids is 3. The molecule has 1 fully saturated rings. The maximum Gasteiger partial charge on any atom is 0.335 e. The molecule has 7 heteroatoms. The van der Waals surface area contributed by atoms with Crippen LogP contribution >= 0.6 is 11.6 Å². The average Bonchev–Trinajstić information content (AvgIpc) is 2.75. The summed E-state index contributed by atoms with van der Waals surface area (Å²) in [5.74, 6) is -1.38. The van der Waals surface area contributed by atoms with Crippen LogP contribution in [0.2, 0.25) is 5.02 Å².